The third-order valence-corrected chi connectivity index (χ3v) is 9.12. The molecular weight excluding hydrogens is 1190 g/mol. The lowest BCUT2D eigenvalue weighted by atomic mass is 9.78. The van der Waals surface area contributed by atoms with Gasteiger partial charge in [0.05, 0.1) is 25.4 Å². The van der Waals surface area contributed by atoms with Crippen molar-refractivity contribution in [1.82, 2.24) is 0 Å². The topological polar surface area (TPSA) is 38.7 Å². The molecule has 0 spiro atoms. The molecule has 0 aromatic carbocycles. The predicted octanol–water partition coefficient (Wildman–Crippen LogP) is 41.5. The molecule has 2 saturated carbocycles. The third-order valence-electron chi connectivity index (χ3n) is 9.12. The lowest BCUT2D eigenvalue weighted by Crippen LogP contribution is -2.38. The maximum atomic E-state index is 8.67. The summed E-state index contributed by atoms with van der Waals surface area (Å²) >= 11 is 0. The summed E-state index contributed by atoms with van der Waals surface area (Å²) in [5, 5.41) is 8.67. The molecular formula is C95H254O3. The van der Waals surface area contributed by atoms with Crippen LogP contribution in [-0.2, 0) is 9.47 Å². The first kappa shape index (κ1) is 212. The molecule has 0 bridgehead atoms. The van der Waals surface area contributed by atoms with Crippen LogP contribution in [0.5, 0.6) is 0 Å². The van der Waals surface area contributed by atoms with Gasteiger partial charge < -0.3 is 14.6 Å². The summed E-state index contributed by atoms with van der Waals surface area (Å²) in [5.41, 5.74) is 1.88. The average molecular weight is 1450 g/mol. The standard InChI is InChI=1S/C6H12O.2C6H12.C6H14.2C5H12O.C5H12.28C2H6/c1-3-6(2)4-7-5-6;1-5-3-6(2)4-5;1-3-6(2)4-5-6;1-5-6(2,3)4;1-4-5(2)6-3;1-3-5(6)4-2;1-4-5(2)3;28*1-2/h3-5H2,1-2H3;5-6H,3-4H2,1-2H3;3-5H2,1-2H3;5H2,1-4H3;5H,4H2,1-3H3;5-6H,3-4H2,1-2H3;5H,4H2,1-3H3;28*1-2H3. The second-order valence-corrected chi connectivity index (χ2v) is 15.6. The van der Waals surface area contributed by atoms with Crippen LogP contribution < -0.4 is 0 Å². The molecule has 3 fully saturated rings. The van der Waals surface area contributed by atoms with Gasteiger partial charge in [0.2, 0.25) is 0 Å². The number of hydrogen-bond donors (Lipinski definition) is 1. The quantitative estimate of drug-likeness (QED) is 0.276. The Balaban J connectivity index is -0.0000000155. The molecule has 3 rings (SSSR count). The van der Waals surface area contributed by atoms with Gasteiger partial charge in [0, 0.05) is 12.5 Å². The molecule has 1 unspecified atom stereocenters. The lowest BCUT2D eigenvalue weighted by Gasteiger charge is -2.36. The smallest absolute Gasteiger partial charge is 0.0542 e. The minimum Gasteiger partial charge on any atom is -0.393 e. The lowest BCUT2D eigenvalue weighted by molar-refractivity contribution is -0.103. The van der Waals surface area contributed by atoms with Gasteiger partial charge in [-0.05, 0) is 86.9 Å². The third kappa shape index (κ3) is 543. The van der Waals surface area contributed by atoms with E-state index in [1.807, 2.05) is 402 Å². The molecule has 3 aliphatic rings. The highest BCUT2D eigenvalue weighted by Gasteiger charge is 2.34. The van der Waals surface area contributed by atoms with Crippen LogP contribution in [0.25, 0.3) is 0 Å². The number of methoxy groups -OCH3 is 1. The van der Waals surface area contributed by atoms with Gasteiger partial charge in [-0.15, -0.1) is 0 Å². The summed E-state index contributed by atoms with van der Waals surface area (Å²) in [5.74, 6) is 2.97. The van der Waals surface area contributed by atoms with Crippen LogP contribution in [0.4, 0.5) is 0 Å². The molecule has 1 heterocycles. The Morgan fingerprint density at radius 1 is 0.327 bits per heavy atom. The summed E-state index contributed by atoms with van der Waals surface area (Å²) < 4.78 is 9.93. The SMILES string of the molecule is CC.CC.CC.CC.CC.CC.CC.CC.CC.CC.CC.CC.CC.CC.CC.CC.CC.CC.CC.CC.CC.CC.CC.CC.CC.CC.CC.CC.CC1CC(C)C1.CCC(C)(C)C.CCC(C)C.CCC(C)OC.CCC(O)CC.CCC1(C)CC1.CCC1(C)COC1. The van der Waals surface area contributed by atoms with E-state index >= 15 is 0 Å². The Labute approximate surface area is 653 Å². The summed E-state index contributed by atoms with van der Waals surface area (Å²) in [6, 6.07) is 0. The highest BCUT2D eigenvalue weighted by atomic mass is 16.5. The van der Waals surface area contributed by atoms with E-state index in [1.54, 1.807) is 7.11 Å². The molecule has 3 heteroatoms. The van der Waals surface area contributed by atoms with Crippen molar-refractivity contribution in [2.75, 3.05) is 20.3 Å². The van der Waals surface area contributed by atoms with Crippen molar-refractivity contribution < 1.29 is 14.6 Å². The van der Waals surface area contributed by atoms with Crippen LogP contribution >= 0.6 is 0 Å². The van der Waals surface area contributed by atoms with E-state index in [2.05, 4.69) is 104 Å². The van der Waals surface area contributed by atoms with Crippen LogP contribution in [0.2, 0.25) is 0 Å². The number of rotatable bonds is 7. The molecule has 2 aliphatic carbocycles. The summed E-state index contributed by atoms with van der Waals surface area (Å²) in [4.78, 5) is 0. The van der Waals surface area contributed by atoms with E-state index in [0.29, 0.717) is 16.9 Å². The zero-order valence-electron chi connectivity index (χ0n) is 88.8. The van der Waals surface area contributed by atoms with Crippen molar-refractivity contribution in [1.29, 1.82) is 0 Å². The van der Waals surface area contributed by atoms with Gasteiger partial charge in [0.25, 0.3) is 0 Å². The average Bonchev–Trinajstić information content (AvgIpc) is 1.77. The van der Waals surface area contributed by atoms with E-state index in [0.717, 1.165) is 55.6 Å². The minimum atomic E-state index is -0.0648. The van der Waals surface area contributed by atoms with Crippen molar-refractivity contribution >= 4 is 0 Å². The monoisotopic (exact) mass is 1440 g/mol. The van der Waals surface area contributed by atoms with Gasteiger partial charge in [-0.25, -0.2) is 0 Å². The van der Waals surface area contributed by atoms with Crippen LogP contribution in [0.1, 0.15) is 576 Å². The highest BCUT2D eigenvalue weighted by molar-refractivity contribution is 4.86. The maximum absolute atomic E-state index is 8.67. The molecule has 0 aromatic rings. The molecule has 0 amide bonds. The molecule has 0 radical (unpaired) electrons. The Kier molecular flexibility index (Phi) is 839. The Morgan fingerprint density at radius 2 is 0.480 bits per heavy atom. The van der Waals surface area contributed by atoms with Crippen LogP contribution in [0.3, 0.4) is 0 Å². The van der Waals surface area contributed by atoms with E-state index in [-0.39, 0.29) is 6.10 Å². The Bertz CT molecular complexity index is 491. The predicted molar refractivity (Wildman–Crippen MR) is 510 cm³/mol. The van der Waals surface area contributed by atoms with Crippen molar-refractivity contribution in [3.63, 3.8) is 0 Å². The van der Waals surface area contributed by atoms with Crippen molar-refractivity contribution in [3.8, 4) is 0 Å². The number of aliphatic hydroxyl groups excluding tert-OH is 1. The van der Waals surface area contributed by atoms with E-state index in [9.17, 15) is 0 Å². The first-order valence-electron chi connectivity index (χ1n) is 46.1. The van der Waals surface area contributed by atoms with Gasteiger partial charge in [-0.3, -0.25) is 0 Å². The molecule has 98 heavy (non-hydrogen) atoms. The fourth-order valence-electron chi connectivity index (χ4n) is 2.98. The van der Waals surface area contributed by atoms with Gasteiger partial charge in [-0.1, -0.05) is 518 Å². The largest absolute Gasteiger partial charge is 0.393 e. The molecule has 0 aromatic heterocycles. The summed E-state index contributed by atoms with van der Waals surface area (Å²) in [6.07, 6.45) is 14.4. The molecule has 652 valence electrons. The first-order chi connectivity index (χ1) is 47.3. The minimum absolute atomic E-state index is 0.0648. The van der Waals surface area contributed by atoms with Gasteiger partial charge >= 0.3 is 0 Å². The number of ether oxygens (including phenoxy) is 2. The van der Waals surface area contributed by atoms with E-state index in [1.165, 1.54) is 51.4 Å². The highest BCUT2D eigenvalue weighted by Crippen LogP contribution is 2.47. The van der Waals surface area contributed by atoms with Gasteiger partial charge in [0.1, 0.15) is 0 Å². The second-order valence-electron chi connectivity index (χ2n) is 15.6. The van der Waals surface area contributed by atoms with Gasteiger partial charge in [-0.2, -0.15) is 0 Å². The number of aliphatic hydroxyl groups is 1. The first-order valence-corrected chi connectivity index (χ1v) is 46.1. The summed E-state index contributed by atoms with van der Waals surface area (Å²) in [6.45, 7) is 151. The molecule has 1 aliphatic heterocycles. The van der Waals surface area contributed by atoms with Crippen molar-refractivity contribution in [2.24, 2.45) is 34.0 Å². The van der Waals surface area contributed by atoms with Crippen LogP contribution in [0.15, 0.2) is 0 Å². The molecule has 1 atom stereocenters. The zero-order valence-corrected chi connectivity index (χ0v) is 88.8. The second kappa shape index (κ2) is 388. The van der Waals surface area contributed by atoms with Crippen molar-refractivity contribution in [2.45, 2.75) is 588 Å². The molecule has 3 nitrogen and oxygen atoms in total. The fraction of sp³-hybridized carbons (Fsp3) is 1.00. The Hall–Kier alpha value is -0.120. The maximum Gasteiger partial charge on any atom is 0.0542 e. The molecule has 1 N–H and O–H groups in total. The normalized spacial score (nSPS) is 10.7. The van der Waals surface area contributed by atoms with Crippen LogP contribution in [-0.4, -0.2) is 37.6 Å². The number of hydrogen-bond acceptors (Lipinski definition) is 3. The van der Waals surface area contributed by atoms with Gasteiger partial charge in [0.15, 0.2) is 0 Å². The zero-order chi connectivity index (χ0) is 90.0. The molecule has 1 saturated heterocycles. The fourth-order valence-corrected chi connectivity index (χ4v) is 2.98. The summed E-state index contributed by atoms with van der Waals surface area (Å²) in [7, 11) is 1.73. The van der Waals surface area contributed by atoms with E-state index < -0.39 is 0 Å². The van der Waals surface area contributed by atoms with E-state index in [4.69, 9.17) is 14.6 Å². The van der Waals surface area contributed by atoms with Crippen molar-refractivity contribution in [3.05, 3.63) is 0 Å². The Morgan fingerprint density at radius 3 is 0.480 bits per heavy atom. The van der Waals surface area contributed by atoms with Crippen LogP contribution in [0, 0.1) is 34.0 Å².